The van der Waals surface area contributed by atoms with E-state index in [0.29, 0.717) is 18.2 Å². The molecule has 0 unspecified atom stereocenters. The SMILES string of the molecule is CCOc1cccc(Nc2ccc(N)nn2)c1. The third-order valence-electron chi connectivity index (χ3n) is 2.10. The molecule has 5 nitrogen and oxygen atoms in total. The Morgan fingerprint density at radius 3 is 2.82 bits per heavy atom. The second kappa shape index (κ2) is 5.16. The number of nitrogens with one attached hydrogen (secondary N) is 1. The standard InChI is InChI=1S/C12H14N4O/c1-2-17-10-5-3-4-9(8-10)14-12-7-6-11(13)15-16-12/h3-8H,2H2,1H3,(H2,13,15)(H,14,16). The zero-order chi connectivity index (χ0) is 12.1. The molecular weight excluding hydrogens is 216 g/mol. The molecule has 1 aromatic heterocycles. The van der Waals surface area contributed by atoms with Crippen molar-refractivity contribution in [3.05, 3.63) is 36.4 Å². The van der Waals surface area contributed by atoms with Crippen molar-refractivity contribution in [1.82, 2.24) is 10.2 Å². The Hall–Kier alpha value is -2.30. The highest BCUT2D eigenvalue weighted by molar-refractivity contribution is 5.58. The first kappa shape index (κ1) is 11.2. The molecule has 2 aromatic rings. The number of anilines is 3. The number of nitrogens with zero attached hydrogens (tertiary/aromatic N) is 2. The van der Waals surface area contributed by atoms with Crippen LogP contribution in [0.1, 0.15) is 6.92 Å². The smallest absolute Gasteiger partial charge is 0.153 e. The summed E-state index contributed by atoms with van der Waals surface area (Å²) in [6.07, 6.45) is 0. The highest BCUT2D eigenvalue weighted by atomic mass is 16.5. The van der Waals surface area contributed by atoms with E-state index in [4.69, 9.17) is 10.5 Å². The van der Waals surface area contributed by atoms with E-state index in [1.807, 2.05) is 31.2 Å². The second-order valence-corrected chi connectivity index (χ2v) is 3.43. The number of ether oxygens (including phenoxy) is 1. The van der Waals surface area contributed by atoms with Crippen molar-refractivity contribution in [2.75, 3.05) is 17.7 Å². The summed E-state index contributed by atoms with van der Waals surface area (Å²) < 4.78 is 5.41. The molecule has 17 heavy (non-hydrogen) atoms. The lowest BCUT2D eigenvalue weighted by molar-refractivity contribution is 0.340. The van der Waals surface area contributed by atoms with Crippen molar-refractivity contribution < 1.29 is 4.74 Å². The van der Waals surface area contributed by atoms with Gasteiger partial charge in [0.1, 0.15) is 11.6 Å². The van der Waals surface area contributed by atoms with Crippen LogP contribution in [-0.2, 0) is 0 Å². The summed E-state index contributed by atoms with van der Waals surface area (Å²) in [5, 5.41) is 10.8. The molecule has 0 atom stereocenters. The van der Waals surface area contributed by atoms with Crippen LogP contribution in [0, 0.1) is 0 Å². The van der Waals surface area contributed by atoms with Crippen LogP contribution in [0.25, 0.3) is 0 Å². The van der Waals surface area contributed by atoms with Crippen molar-refractivity contribution in [3.8, 4) is 5.75 Å². The zero-order valence-corrected chi connectivity index (χ0v) is 9.55. The topological polar surface area (TPSA) is 73.1 Å². The van der Waals surface area contributed by atoms with Gasteiger partial charge in [-0.2, -0.15) is 0 Å². The molecule has 3 N–H and O–H groups in total. The number of hydrogen-bond donors (Lipinski definition) is 2. The molecule has 0 fully saturated rings. The van der Waals surface area contributed by atoms with E-state index in [1.54, 1.807) is 12.1 Å². The van der Waals surface area contributed by atoms with Gasteiger partial charge in [-0.25, -0.2) is 0 Å². The predicted molar refractivity (Wildman–Crippen MR) is 67.3 cm³/mol. The van der Waals surface area contributed by atoms with Gasteiger partial charge in [-0.05, 0) is 31.2 Å². The first-order valence-corrected chi connectivity index (χ1v) is 5.37. The van der Waals surface area contributed by atoms with E-state index < -0.39 is 0 Å². The predicted octanol–water partition coefficient (Wildman–Crippen LogP) is 2.20. The van der Waals surface area contributed by atoms with Crippen LogP contribution >= 0.6 is 0 Å². The normalized spacial score (nSPS) is 9.94. The van der Waals surface area contributed by atoms with Gasteiger partial charge in [-0.15, -0.1) is 10.2 Å². The number of benzene rings is 1. The summed E-state index contributed by atoms with van der Waals surface area (Å²) in [6.45, 7) is 2.59. The van der Waals surface area contributed by atoms with Gasteiger partial charge in [0, 0.05) is 11.8 Å². The molecule has 0 bridgehead atoms. The molecule has 0 spiro atoms. The lowest BCUT2D eigenvalue weighted by atomic mass is 10.3. The summed E-state index contributed by atoms with van der Waals surface area (Å²) in [5.41, 5.74) is 6.36. The van der Waals surface area contributed by atoms with Gasteiger partial charge in [0.15, 0.2) is 5.82 Å². The Bertz CT molecular complexity index is 484. The maximum Gasteiger partial charge on any atom is 0.153 e. The third-order valence-corrected chi connectivity index (χ3v) is 2.10. The van der Waals surface area contributed by atoms with E-state index in [9.17, 15) is 0 Å². The fourth-order valence-electron chi connectivity index (χ4n) is 1.39. The van der Waals surface area contributed by atoms with Gasteiger partial charge < -0.3 is 15.8 Å². The number of aromatic nitrogens is 2. The summed E-state index contributed by atoms with van der Waals surface area (Å²) >= 11 is 0. The van der Waals surface area contributed by atoms with Crippen molar-refractivity contribution >= 4 is 17.3 Å². The number of nitrogens with two attached hydrogens (primary N) is 1. The Labute approximate surface area is 99.6 Å². The average Bonchev–Trinajstić information content (AvgIpc) is 2.33. The second-order valence-electron chi connectivity index (χ2n) is 3.43. The van der Waals surface area contributed by atoms with E-state index in [-0.39, 0.29) is 0 Å². The highest BCUT2D eigenvalue weighted by Gasteiger charge is 1.98. The van der Waals surface area contributed by atoms with E-state index in [0.717, 1.165) is 11.4 Å². The lowest BCUT2D eigenvalue weighted by Gasteiger charge is -2.07. The Balaban J connectivity index is 2.12. The van der Waals surface area contributed by atoms with Gasteiger partial charge in [0.25, 0.3) is 0 Å². The van der Waals surface area contributed by atoms with Crippen LogP contribution in [0.3, 0.4) is 0 Å². The quantitative estimate of drug-likeness (QED) is 0.842. The number of nitrogen functional groups attached to an aromatic ring is 1. The average molecular weight is 230 g/mol. The summed E-state index contributed by atoms with van der Waals surface area (Å²) in [6, 6.07) is 11.1. The van der Waals surface area contributed by atoms with E-state index in [2.05, 4.69) is 15.5 Å². The van der Waals surface area contributed by atoms with Gasteiger partial charge >= 0.3 is 0 Å². The fraction of sp³-hybridized carbons (Fsp3) is 0.167. The molecule has 2 rings (SSSR count). The van der Waals surface area contributed by atoms with Gasteiger partial charge in [0.2, 0.25) is 0 Å². The molecule has 1 aromatic carbocycles. The Morgan fingerprint density at radius 1 is 1.24 bits per heavy atom. The van der Waals surface area contributed by atoms with Crippen molar-refractivity contribution in [2.24, 2.45) is 0 Å². The minimum absolute atomic E-state index is 0.401. The largest absolute Gasteiger partial charge is 0.494 e. The van der Waals surface area contributed by atoms with Crippen LogP contribution in [0.5, 0.6) is 5.75 Å². The first-order valence-electron chi connectivity index (χ1n) is 5.37. The van der Waals surface area contributed by atoms with Crippen LogP contribution < -0.4 is 15.8 Å². The maximum absolute atomic E-state index is 5.46. The van der Waals surface area contributed by atoms with Crippen molar-refractivity contribution in [1.29, 1.82) is 0 Å². The van der Waals surface area contributed by atoms with Crippen LogP contribution in [-0.4, -0.2) is 16.8 Å². The van der Waals surface area contributed by atoms with Crippen LogP contribution in [0.4, 0.5) is 17.3 Å². The van der Waals surface area contributed by atoms with Crippen LogP contribution in [0.2, 0.25) is 0 Å². The van der Waals surface area contributed by atoms with E-state index in [1.165, 1.54) is 0 Å². The Kier molecular flexibility index (Phi) is 3.40. The third kappa shape index (κ3) is 3.07. The first-order chi connectivity index (χ1) is 8.28. The number of rotatable bonds is 4. The van der Waals surface area contributed by atoms with Crippen molar-refractivity contribution in [3.63, 3.8) is 0 Å². The molecule has 0 aliphatic rings. The Morgan fingerprint density at radius 2 is 2.12 bits per heavy atom. The number of hydrogen-bond acceptors (Lipinski definition) is 5. The summed E-state index contributed by atoms with van der Waals surface area (Å²) in [4.78, 5) is 0. The molecule has 88 valence electrons. The van der Waals surface area contributed by atoms with Gasteiger partial charge in [-0.3, -0.25) is 0 Å². The minimum atomic E-state index is 0.401. The van der Waals surface area contributed by atoms with Crippen molar-refractivity contribution in [2.45, 2.75) is 6.92 Å². The minimum Gasteiger partial charge on any atom is -0.494 e. The molecule has 1 heterocycles. The molecule has 0 amide bonds. The molecule has 0 saturated carbocycles. The molecule has 0 radical (unpaired) electrons. The lowest BCUT2D eigenvalue weighted by Crippen LogP contribution is -1.98. The van der Waals surface area contributed by atoms with Gasteiger partial charge in [0.05, 0.1) is 6.61 Å². The van der Waals surface area contributed by atoms with Gasteiger partial charge in [-0.1, -0.05) is 6.07 Å². The molecule has 0 aliphatic heterocycles. The summed E-state index contributed by atoms with van der Waals surface area (Å²) in [5.74, 6) is 1.87. The van der Waals surface area contributed by atoms with E-state index >= 15 is 0 Å². The maximum atomic E-state index is 5.46. The summed E-state index contributed by atoms with van der Waals surface area (Å²) in [7, 11) is 0. The molecule has 0 aliphatic carbocycles. The highest BCUT2D eigenvalue weighted by Crippen LogP contribution is 2.20. The molecular formula is C12H14N4O. The molecule has 5 heteroatoms. The molecule has 0 saturated heterocycles. The monoisotopic (exact) mass is 230 g/mol. The van der Waals surface area contributed by atoms with Crippen LogP contribution in [0.15, 0.2) is 36.4 Å². The fourth-order valence-corrected chi connectivity index (χ4v) is 1.39. The zero-order valence-electron chi connectivity index (χ0n) is 9.55.